The molecule has 0 fully saturated rings. The zero-order valence-electron chi connectivity index (χ0n) is 15.5. The second-order valence-electron chi connectivity index (χ2n) is 6.01. The van der Waals surface area contributed by atoms with Gasteiger partial charge in [-0.2, -0.15) is 0 Å². The van der Waals surface area contributed by atoms with E-state index in [1.54, 1.807) is 18.7 Å². The number of nitrogens with one attached hydrogen (secondary N) is 1. The van der Waals surface area contributed by atoms with Crippen molar-refractivity contribution >= 4 is 39.1 Å². The van der Waals surface area contributed by atoms with Crippen LogP contribution in [0.15, 0.2) is 53.4 Å². The molecule has 28 heavy (non-hydrogen) atoms. The zero-order valence-corrected chi connectivity index (χ0v) is 17.1. The summed E-state index contributed by atoms with van der Waals surface area (Å²) in [5.74, 6) is 0.148. The third-order valence-electron chi connectivity index (χ3n) is 3.80. The van der Waals surface area contributed by atoms with Crippen LogP contribution in [0.25, 0.3) is 0 Å². The first kappa shape index (κ1) is 21.7. The van der Waals surface area contributed by atoms with Gasteiger partial charge in [0.2, 0.25) is 15.9 Å². The van der Waals surface area contributed by atoms with Crippen LogP contribution in [-0.4, -0.2) is 44.3 Å². The summed E-state index contributed by atoms with van der Waals surface area (Å²) in [5, 5.41) is 13.7. The maximum Gasteiger partial charge on any atom is 0.271 e. The molecule has 2 aromatic rings. The van der Waals surface area contributed by atoms with Gasteiger partial charge in [-0.1, -0.05) is 24.3 Å². The van der Waals surface area contributed by atoms with E-state index in [2.05, 4.69) is 5.32 Å². The van der Waals surface area contributed by atoms with Crippen LogP contribution >= 0.6 is 11.8 Å². The topological polar surface area (TPSA) is 110 Å². The van der Waals surface area contributed by atoms with Gasteiger partial charge in [0.15, 0.2) is 0 Å². The Morgan fingerprint density at radius 3 is 2.50 bits per heavy atom. The first-order chi connectivity index (χ1) is 13.2. The van der Waals surface area contributed by atoms with Crippen molar-refractivity contribution in [2.75, 3.05) is 29.4 Å². The lowest BCUT2D eigenvalue weighted by molar-refractivity contribution is -0.384. The van der Waals surface area contributed by atoms with E-state index in [1.165, 1.54) is 12.1 Å². The van der Waals surface area contributed by atoms with Crippen LogP contribution in [0.4, 0.5) is 11.4 Å². The van der Waals surface area contributed by atoms with Gasteiger partial charge in [-0.05, 0) is 24.6 Å². The Balaban J connectivity index is 2.03. The van der Waals surface area contributed by atoms with E-state index in [1.807, 2.05) is 30.3 Å². The number of thioether (sulfide) groups is 1. The molecule has 0 saturated carbocycles. The molecule has 0 aliphatic rings. The van der Waals surface area contributed by atoms with Gasteiger partial charge in [0.25, 0.3) is 5.69 Å². The highest BCUT2D eigenvalue weighted by Gasteiger charge is 2.24. The molecule has 0 saturated heterocycles. The van der Waals surface area contributed by atoms with Crippen LogP contribution < -0.4 is 9.62 Å². The molecule has 150 valence electrons. The number of amides is 1. The highest BCUT2D eigenvalue weighted by molar-refractivity contribution is 7.99. The highest BCUT2D eigenvalue weighted by Crippen LogP contribution is 2.27. The first-order valence-corrected chi connectivity index (χ1v) is 11.2. The molecule has 0 aromatic heterocycles. The Hall–Kier alpha value is -2.59. The van der Waals surface area contributed by atoms with Gasteiger partial charge in [-0.15, -0.1) is 11.8 Å². The maximum absolute atomic E-state index is 12.3. The van der Waals surface area contributed by atoms with Crippen LogP contribution in [0, 0.1) is 17.0 Å². The average molecular weight is 424 g/mol. The number of hydrogen-bond donors (Lipinski definition) is 1. The Kier molecular flexibility index (Phi) is 7.41. The van der Waals surface area contributed by atoms with Gasteiger partial charge in [-0.3, -0.25) is 19.2 Å². The number of benzene rings is 2. The summed E-state index contributed by atoms with van der Waals surface area (Å²) in [5.41, 5.74) is 0.392. The number of aryl methyl sites for hydroxylation is 1. The molecule has 0 spiro atoms. The van der Waals surface area contributed by atoms with E-state index in [4.69, 9.17) is 0 Å². The number of rotatable bonds is 9. The first-order valence-electron chi connectivity index (χ1n) is 8.36. The standard InChI is InChI=1S/C18H21N3O5S2/c1-14-8-9-15(21(23)24)12-17(14)20(28(2,25)26)13-18(22)19-10-11-27-16-6-4-3-5-7-16/h3-9,12H,10-11,13H2,1-2H3,(H,19,22). The number of nitrogens with zero attached hydrogens (tertiary/aromatic N) is 2. The summed E-state index contributed by atoms with van der Waals surface area (Å²) in [6.07, 6.45) is 0.962. The predicted molar refractivity (Wildman–Crippen MR) is 110 cm³/mol. The van der Waals surface area contributed by atoms with Crippen molar-refractivity contribution in [3.8, 4) is 0 Å². The molecule has 0 heterocycles. The lowest BCUT2D eigenvalue weighted by atomic mass is 10.2. The normalized spacial score (nSPS) is 11.1. The number of sulfonamides is 1. The fourth-order valence-corrected chi connectivity index (χ4v) is 4.12. The molecule has 10 heteroatoms. The summed E-state index contributed by atoms with van der Waals surface area (Å²) in [7, 11) is -3.81. The van der Waals surface area contributed by atoms with Gasteiger partial charge in [0.1, 0.15) is 6.54 Å². The number of non-ortho nitro benzene ring substituents is 1. The highest BCUT2D eigenvalue weighted by atomic mass is 32.2. The minimum atomic E-state index is -3.81. The van der Waals surface area contributed by atoms with Crippen molar-refractivity contribution in [1.29, 1.82) is 0 Å². The molecular formula is C18H21N3O5S2. The maximum atomic E-state index is 12.3. The van der Waals surface area contributed by atoms with Gasteiger partial charge in [0.05, 0.1) is 16.9 Å². The number of carbonyl (C=O) groups is 1. The molecule has 8 nitrogen and oxygen atoms in total. The Labute approximate surface area is 168 Å². The van der Waals surface area contributed by atoms with Crippen molar-refractivity contribution in [3.05, 3.63) is 64.2 Å². The Morgan fingerprint density at radius 2 is 1.89 bits per heavy atom. The molecule has 0 atom stereocenters. The quantitative estimate of drug-likeness (QED) is 0.287. The molecule has 0 aliphatic carbocycles. The van der Waals surface area contributed by atoms with Crippen LogP contribution in [-0.2, 0) is 14.8 Å². The molecule has 0 unspecified atom stereocenters. The van der Waals surface area contributed by atoms with Crippen molar-refractivity contribution in [1.82, 2.24) is 5.32 Å². The largest absolute Gasteiger partial charge is 0.354 e. The van der Waals surface area contributed by atoms with E-state index >= 15 is 0 Å². The number of carbonyl (C=O) groups excluding carboxylic acids is 1. The summed E-state index contributed by atoms with van der Waals surface area (Å²) < 4.78 is 25.3. The molecule has 1 N–H and O–H groups in total. The van der Waals surface area contributed by atoms with E-state index in [9.17, 15) is 23.3 Å². The lowest BCUT2D eigenvalue weighted by Gasteiger charge is -2.23. The van der Waals surface area contributed by atoms with Crippen molar-refractivity contribution in [2.24, 2.45) is 0 Å². The van der Waals surface area contributed by atoms with Gasteiger partial charge >= 0.3 is 0 Å². The van der Waals surface area contributed by atoms with Crippen LogP contribution in [0.1, 0.15) is 5.56 Å². The number of anilines is 1. The minimum Gasteiger partial charge on any atom is -0.354 e. The second-order valence-corrected chi connectivity index (χ2v) is 9.08. The third-order valence-corrected chi connectivity index (χ3v) is 5.94. The minimum absolute atomic E-state index is 0.116. The monoisotopic (exact) mass is 423 g/mol. The van der Waals surface area contributed by atoms with Crippen molar-refractivity contribution in [3.63, 3.8) is 0 Å². The summed E-state index contributed by atoms with van der Waals surface area (Å²) in [6.45, 7) is 1.55. The van der Waals surface area contributed by atoms with Crippen LogP contribution in [0.3, 0.4) is 0 Å². The van der Waals surface area contributed by atoms with Crippen LogP contribution in [0.2, 0.25) is 0 Å². The summed E-state index contributed by atoms with van der Waals surface area (Å²) in [6, 6.07) is 13.6. The van der Waals surface area contributed by atoms with E-state index in [0.29, 0.717) is 17.9 Å². The molecule has 2 aromatic carbocycles. The van der Waals surface area contributed by atoms with Gasteiger partial charge in [0, 0.05) is 29.3 Å². The van der Waals surface area contributed by atoms with E-state index in [-0.39, 0.29) is 11.4 Å². The third kappa shape index (κ3) is 6.24. The van der Waals surface area contributed by atoms with Crippen LogP contribution in [0.5, 0.6) is 0 Å². The fourth-order valence-electron chi connectivity index (χ4n) is 2.42. The molecular weight excluding hydrogens is 402 g/mol. The van der Waals surface area contributed by atoms with E-state index < -0.39 is 27.4 Å². The summed E-state index contributed by atoms with van der Waals surface area (Å²) >= 11 is 1.57. The van der Waals surface area contributed by atoms with Gasteiger partial charge in [-0.25, -0.2) is 8.42 Å². The number of nitro benzene ring substituents is 1. The molecule has 0 aliphatic heterocycles. The Bertz CT molecular complexity index is 949. The molecule has 0 radical (unpaired) electrons. The zero-order chi connectivity index (χ0) is 20.7. The van der Waals surface area contributed by atoms with Gasteiger partial charge < -0.3 is 5.32 Å². The van der Waals surface area contributed by atoms with Crippen molar-refractivity contribution in [2.45, 2.75) is 11.8 Å². The summed E-state index contributed by atoms with van der Waals surface area (Å²) in [4.78, 5) is 23.7. The number of nitro groups is 1. The smallest absolute Gasteiger partial charge is 0.271 e. The fraction of sp³-hybridized carbons (Fsp3) is 0.278. The Morgan fingerprint density at radius 1 is 1.21 bits per heavy atom. The van der Waals surface area contributed by atoms with E-state index in [0.717, 1.165) is 21.5 Å². The molecule has 1 amide bonds. The number of hydrogen-bond acceptors (Lipinski definition) is 6. The second kappa shape index (κ2) is 9.56. The predicted octanol–water partition coefficient (Wildman–Crippen LogP) is 2.58. The average Bonchev–Trinajstić information content (AvgIpc) is 2.64. The molecule has 2 rings (SSSR count). The lowest BCUT2D eigenvalue weighted by Crippen LogP contribution is -2.41. The van der Waals surface area contributed by atoms with Crippen molar-refractivity contribution < 1.29 is 18.1 Å². The molecule has 0 bridgehead atoms. The SMILES string of the molecule is Cc1ccc([N+](=O)[O-])cc1N(CC(=O)NCCSc1ccccc1)S(C)(=O)=O.